The molecule has 2 radical (unpaired) electrons. The van der Waals surface area contributed by atoms with Crippen LogP contribution in [0.15, 0.2) is 0 Å². The maximum Gasteiger partial charge on any atom is 0.335 e. The van der Waals surface area contributed by atoms with E-state index < -0.39 is 24.1 Å². The molecule has 0 fully saturated rings. The van der Waals surface area contributed by atoms with Crippen molar-refractivity contribution in [3.8, 4) is 0 Å². The molecule has 0 bridgehead atoms. The Morgan fingerprint density at radius 1 is 0.833 bits per heavy atom. The van der Waals surface area contributed by atoms with Crippen LogP contribution in [-0.4, -0.2) is 104 Å². The van der Waals surface area contributed by atoms with Crippen molar-refractivity contribution < 1.29 is 30.0 Å². The minimum absolute atomic E-state index is 0. The molecule has 0 saturated carbocycles. The van der Waals surface area contributed by atoms with Crippen molar-refractivity contribution in [2.45, 2.75) is 12.2 Å². The van der Waals surface area contributed by atoms with Gasteiger partial charge < -0.3 is 20.4 Å². The fraction of sp³-hybridized carbons (Fsp3) is 0.500. The summed E-state index contributed by atoms with van der Waals surface area (Å²) >= 11 is 0. The molecule has 0 aliphatic rings. The van der Waals surface area contributed by atoms with E-state index >= 15 is 0 Å². The Bertz CT molecular complexity index is 142. The number of aliphatic hydroxyl groups is 2. The molecule has 2 atom stereocenters. The molecular formula is C4H6Na2O6. The molecule has 60 valence electrons. The molecule has 6 nitrogen and oxygen atoms in total. The molecule has 0 rings (SSSR count). The maximum absolute atomic E-state index is 9.77. The molecule has 0 heterocycles. The van der Waals surface area contributed by atoms with E-state index in [0.717, 1.165) is 0 Å². The molecule has 0 saturated heterocycles. The largest absolute Gasteiger partial charge is 0.479 e. The Labute approximate surface area is 112 Å². The van der Waals surface area contributed by atoms with E-state index in [-0.39, 0.29) is 59.1 Å². The van der Waals surface area contributed by atoms with Crippen molar-refractivity contribution in [1.29, 1.82) is 0 Å². The second-order valence-electron chi connectivity index (χ2n) is 1.57. The summed E-state index contributed by atoms with van der Waals surface area (Å²) < 4.78 is 0. The van der Waals surface area contributed by atoms with Crippen LogP contribution in [0, 0.1) is 0 Å². The van der Waals surface area contributed by atoms with Gasteiger partial charge in [0.2, 0.25) is 0 Å². The van der Waals surface area contributed by atoms with E-state index in [0.29, 0.717) is 0 Å². The summed E-state index contributed by atoms with van der Waals surface area (Å²) in [5.74, 6) is -3.54. The summed E-state index contributed by atoms with van der Waals surface area (Å²) in [6, 6.07) is 0. The Balaban J connectivity index is -0.000000405. The van der Waals surface area contributed by atoms with Gasteiger partial charge in [-0.05, 0) is 0 Å². The van der Waals surface area contributed by atoms with E-state index in [9.17, 15) is 9.59 Å². The van der Waals surface area contributed by atoms with Gasteiger partial charge in [0.1, 0.15) is 0 Å². The molecule has 8 heteroatoms. The zero-order valence-corrected chi connectivity index (χ0v) is 10.8. The van der Waals surface area contributed by atoms with E-state index in [1.165, 1.54) is 0 Å². The quantitative estimate of drug-likeness (QED) is 0.360. The molecule has 0 aromatic carbocycles. The summed E-state index contributed by atoms with van der Waals surface area (Å²) in [7, 11) is 0. The first-order chi connectivity index (χ1) is 4.46. The van der Waals surface area contributed by atoms with E-state index in [2.05, 4.69) is 0 Å². The molecule has 0 unspecified atom stereocenters. The topological polar surface area (TPSA) is 115 Å². The van der Waals surface area contributed by atoms with Crippen molar-refractivity contribution >= 4 is 71.1 Å². The van der Waals surface area contributed by atoms with Crippen LogP contribution in [0.5, 0.6) is 0 Å². The third-order valence-corrected chi connectivity index (χ3v) is 0.805. The third kappa shape index (κ3) is 6.38. The van der Waals surface area contributed by atoms with Crippen LogP contribution in [0.3, 0.4) is 0 Å². The molecule has 0 spiro atoms. The second-order valence-corrected chi connectivity index (χ2v) is 1.57. The van der Waals surface area contributed by atoms with E-state index in [1.807, 2.05) is 0 Å². The molecule has 12 heavy (non-hydrogen) atoms. The normalized spacial score (nSPS) is 13.2. The standard InChI is InChI=1S/C4H6O6.2Na/c5-1(3(7)8)2(6)4(9)10;;/h1-2,5-6H,(H,7,8)(H,9,10);;/t1-,2+;;. The molecule has 0 aromatic heterocycles. The first-order valence-corrected chi connectivity index (χ1v) is 2.28. The van der Waals surface area contributed by atoms with Crippen LogP contribution < -0.4 is 0 Å². The van der Waals surface area contributed by atoms with Crippen LogP contribution in [0.4, 0.5) is 0 Å². The van der Waals surface area contributed by atoms with Crippen LogP contribution in [0.1, 0.15) is 0 Å². The molecule has 0 aliphatic carbocycles. The Morgan fingerprint density at radius 3 is 1.08 bits per heavy atom. The average molecular weight is 196 g/mol. The fourth-order valence-corrected chi connectivity index (χ4v) is 0.270. The minimum Gasteiger partial charge on any atom is -0.479 e. The van der Waals surface area contributed by atoms with Gasteiger partial charge in [0, 0.05) is 59.1 Å². The smallest absolute Gasteiger partial charge is 0.335 e. The van der Waals surface area contributed by atoms with Gasteiger partial charge in [-0.3, -0.25) is 0 Å². The van der Waals surface area contributed by atoms with Crippen LogP contribution in [-0.2, 0) is 9.59 Å². The first kappa shape index (κ1) is 18.6. The number of hydrogen-bond acceptors (Lipinski definition) is 4. The Kier molecular flexibility index (Phi) is 13.1. The van der Waals surface area contributed by atoms with Gasteiger partial charge in [-0.15, -0.1) is 0 Å². The van der Waals surface area contributed by atoms with Gasteiger partial charge in [0.05, 0.1) is 0 Å². The van der Waals surface area contributed by atoms with Crippen molar-refractivity contribution in [3.05, 3.63) is 0 Å². The van der Waals surface area contributed by atoms with E-state index in [1.54, 1.807) is 0 Å². The Morgan fingerprint density at radius 2 is 1.00 bits per heavy atom. The van der Waals surface area contributed by atoms with Gasteiger partial charge in [-0.2, -0.15) is 0 Å². The predicted octanol–water partition coefficient (Wildman–Crippen LogP) is -2.88. The van der Waals surface area contributed by atoms with Gasteiger partial charge in [-0.1, -0.05) is 0 Å². The van der Waals surface area contributed by atoms with E-state index in [4.69, 9.17) is 20.4 Å². The molecule has 0 amide bonds. The number of rotatable bonds is 3. The third-order valence-electron chi connectivity index (χ3n) is 0.805. The SMILES string of the molecule is O=C(O)[C@@H](O)[C@@H](O)C(=O)O.[Na].[Na]. The number of carbonyl (C=O) groups is 2. The average Bonchev–Trinajstić information content (AvgIpc) is 1.84. The summed E-state index contributed by atoms with van der Waals surface area (Å²) in [6.07, 6.45) is -4.53. The Hall–Kier alpha value is 0.860. The number of carboxylic acid groups (broad SMARTS) is 2. The fourth-order valence-electron chi connectivity index (χ4n) is 0.270. The predicted molar refractivity (Wildman–Crippen MR) is 38.8 cm³/mol. The number of carboxylic acids is 2. The maximum atomic E-state index is 9.77. The summed E-state index contributed by atoms with van der Waals surface area (Å²) in [5.41, 5.74) is 0. The summed E-state index contributed by atoms with van der Waals surface area (Å²) in [5, 5.41) is 32.5. The van der Waals surface area contributed by atoms with Crippen molar-refractivity contribution in [2.24, 2.45) is 0 Å². The zero-order chi connectivity index (χ0) is 8.31. The summed E-state index contributed by atoms with van der Waals surface area (Å²) in [4.78, 5) is 19.5. The van der Waals surface area contributed by atoms with Gasteiger partial charge in [-0.25, -0.2) is 9.59 Å². The molecular weight excluding hydrogens is 190 g/mol. The van der Waals surface area contributed by atoms with Gasteiger partial charge in [0.15, 0.2) is 12.2 Å². The summed E-state index contributed by atoms with van der Waals surface area (Å²) in [6.45, 7) is 0. The first-order valence-electron chi connectivity index (χ1n) is 2.28. The van der Waals surface area contributed by atoms with Crippen LogP contribution in [0.25, 0.3) is 0 Å². The van der Waals surface area contributed by atoms with Crippen molar-refractivity contribution in [2.75, 3.05) is 0 Å². The monoisotopic (exact) mass is 196 g/mol. The number of hydrogen-bond donors (Lipinski definition) is 4. The number of aliphatic carboxylic acids is 2. The minimum atomic E-state index is -2.27. The second kappa shape index (κ2) is 8.46. The zero-order valence-electron chi connectivity index (χ0n) is 6.76. The molecule has 0 aromatic rings. The van der Waals surface area contributed by atoms with Gasteiger partial charge in [0.25, 0.3) is 0 Å². The molecule has 4 N–H and O–H groups in total. The van der Waals surface area contributed by atoms with Crippen molar-refractivity contribution in [3.63, 3.8) is 0 Å². The van der Waals surface area contributed by atoms with Crippen molar-refractivity contribution in [1.82, 2.24) is 0 Å². The van der Waals surface area contributed by atoms with Crippen LogP contribution >= 0.6 is 0 Å². The molecule has 0 aliphatic heterocycles. The van der Waals surface area contributed by atoms with Gasteiger partial charge >= 0.3 is 11.9 Å². The number of aliphatic hydroxyl groups excluding tert-OH is 2. The van der Waals surface area contributed by atoms with Crippen LogP contribution in [0.2, 0.25) is 0 Å².